The third-order valence-electron chi connectivity index (χ3n) is 4.04. The number of methoxy groups -OCH3 is 1. The zero-order chi connectivity index (χ0) is 13.9. The molecule has 1 aromatic carbocycles. The van der Waals surface area contributed by atoms with Crippen molar-refractivity contribution in [2.75, 3.05) is 43.9 Å². The number of benzene rings is 1. The molecule has 5 nitrogen and oxygen atoms in total. The summed E-state index contributed by atoms with van der Waals surface area (Å²) in [5.74, 6) is 0.0970. The van der Waals surface area contributed by atoms with Crippen LogP contribution in [0.3, 0.4) is 0 Å². The quantitative estimate of drug-likeness (QED) is 0.864. The minimum atomic E-state index is 0.0970. The molecule has 2 heterocycles. The molecule has 1 atom stereocenters. The van der Waals surface area contributed by atoms with E-state index in [9.17, 15) is 4.79 Å². The van der Waals surface area contributed by atoms with Crippen molar-refractivity contribution in [2.24, 2.45) is 0 Å². The summed E-state index contributed by atoms with van der Waals surface area (Å²) in [4.78, 5) is 14.6. The van der Waals surface area contributed by atoms with E-state index in [-0.39, 0.29) is 12.0 Å². The summed E-state index contributed by atoms with van der Waals surface area (Å²) in [5.41, 5.74) is 2.71. The van der Waals surface area contributed by atoms with Gasteiger partial charge in [-0.05, 0) is 25.0 Å². The molecule has 20 heavy (non-hydrogen) atoms. The zero-order valence-corrected chi connectivity index (χ0v) is 11.8. The summed E-state index contributed by atoms with van der Waals surface area (Å²) >= 11 is 0. The Morgan fingerprint density at radius 3 is 3.05 bits per heavy atom. The Labute approximate surface area is 119 Å². The average molecular weight is 275 g/mol. The highest BCUT2D eigenvalue weighted by atomic mass is 16.5. The number of piperidine rings is 1. The molecule has 3 rings (SSSR count). The van der Waals surface area contributed by atoms with Crippen LogP contribution in [0.5, 0.6) is 0 Å². The van der Waals surface area contributed by atoms with Crippen LogP contribution in [0, 0.1) is 0 Å². The molecule has 0 aromatic heterocycles. The molecule has 2 N–H and O–H groups in total. The van der Waals surface area contributed by atoms with Gasteiger partial charge in [0.25, 0.3) is 5.91 Å². The second-order valence-electron chi connectivity index (χ2n) is 5.33. The van der Waals surface area contributed by atoms with E-state index in [4.69, 9.17) is 4.74 Å². The maximum Gasteiger partial charge on any atom is 0.256 e. The minimum Gasteiger partial charge on any atom is -0.382 e. The molecule has 1 unspecified atom stereocenters. The summed E-state index contributed by atoms with van der Waals surface area (Å²) in [6.07, 6.45) is 2.20. The largest absolute Gasteiger partial charge is 0.382 e. The van der Waals surface area contributed by atoms with Crippen LogP contribution >= 0.6 is 0 Å². The Bertz CT molecular complexity index is 504. The first-order valence-electron chi connectivity index (χ1n) is 7.22. The van der Waals surface area contributed by atoms with E-state index in [1.165, 1.54) is 0 Å². The molecule has 0 bridgehead atoms. The lowest BCUT2D eigenvalue weighted by atomic mass is 10.0. The molecule has 0 aliphatic carbocycles. The van der Waals surface area contributed by atoms with Gasteiger partial charge in [0, 0.05) is 33.3 Å². The number of ether oxygens (including phenoxy) is 1. The number of hydrogen-bond acceptors (Lipinski definition) is 4. The van der Waals surface area contributed by atoms with Crippen LogP contribution < -0.4 is 10.6 Å². The molecular weight excluding hydrogens is 254 g/mol. The van der Waals surface area contributed by atoms with E-state index in [1.807, 2.05) is 23.1 Å². The van der Waals surface area contributed by atoms with E-state index in [2.05, 4.69) is 10.6 Å². The Balaban J connectivity index is 1.83. The van der Waals surface area contributed by atoms with Gasteiger partial charge in [0.15, 0.2) is 0 Å². The number of anilines is 2. The fourth-order valence-electron chi connectivity index (χ4n) is 2.94. The Morgan fingerprint density at radius 2 is 2.20 bits per heavy atom. The number of likely N-dealkylation sites (tertiary alicyclic amines) is 1. The molecule has 2 aliphatic heterocycles. The summed E-state index contributed by atoms with van der Waals surface area (Å²) in [6, 6.07) is 5.84. The van der Waals surface area contributed by atoms with E-state index in [0.717, 1.165) is 49.4 Å². The van der Waals surface area contributed by atoms with Gasteiger partial charge in [0.1, 0.15) is 0 Å². The average Bonchev–Trinajstić information content (AvgIpc) is 2.53. The highest BCUT2D eigenvalue weighted by Crippen LogP contribution is 2.29. The third kappa shape index (κ3) is 2.45. The van der Waals surface area contributed by atoms with Crippen molar-refractivity contribution >= 4 is 17.3 Å². The predicted molar refractivity (Wildman–Crippen MR) is 79.4 cm³/mol. The van der Waals surface area contributed by atoms with Crippen LogP contribution in [0.15, 0.2) is 18.2 Å². The van der Waals surface area contributed by atoms with Crippen molar-refractivity contribution in [1.29, 1.82) is 0 Å². The highest BCUT2D eigenvalue weighted by molar-refractivity contribution is 6.02. The Morgan fingerprint density at radius 1 is 1.35 bits per heavy atom. The maximum atomic E-state index is 12.7. The van der Waals surface area contributed by atoms with Crippen molar-refractivity contribution in [3.63, 3.8) is 0 Å². The van der Waals surface area contributed by atoms with Gasteiger partial charge in [-0.15, -0.1) is 0 Å². The van der Waals surface area contributed by atoms with Gasteiger partial charge < -0.3 is 20.3 Å². The third-order valence-corrected chi connectivity index (χ3v) is 4.04. The van der Waals surface area contributed by atoms with E-state index >= 15 is 0 Å². The number of amides is 1. The summed E-state index contributed by atoms with van der Waals surface area (Å²) in [7, 11) is 1.72. The maximum absolute atomic E-state index is 12.7. The standard InChI is InChI=1S/C15H21N3O2/c1-20-11-4-3-9-18(10-11)15(19)12-5-2-6-13-14(12)17-8-7-16-13/h2,5-6,11,16-17H,3-4,7-10H2,1H3. The lowest BCUT2D eigenvalue weighted by Crippen LogP contribution is -2.43. The molecule has 1 amide bonds. The predicted octanol–water partition coefficient (Wildman–Crippen LogP) is 1.77. The number of para-hydroxylation sites is 1. The molecule has 1 fully saturated rings. The van der Waals surface area contributed by atoms with Crippen molar-refractivity contribution in [3.05, 3.63) is 23.8 Å². The Kier molecular flexibility index (Phi) is 3.78. The highest BCUT2D eigenvalue weighted by Gasteiger charge is 2.26. The van der Waals surface area contributed by atoms with Gasteiger partial charge in [-0.1, -0.05) is 6.07 Å². The first-order valence-corrected chi connectivity index (χ1v) is 7.22. The van der Waals surface area contributed by atoms with Gasteiger partial charge in [-0.2, -0.15) is 0 Å². The van der Waals surface area contributed by atoms with Crippen LogP contribution in [0.2, 0.25) is 0 Å². The van der Waals surface area contributed by atoms with Gasteiger partial charge in [0.05, 0.1) is 23.0 Å². The number of nitrogens with zero attached hydrogens (tertiary/aromatic N) is 1. The Hall–Kier alpha value is -1.75. The van der Waals surface area contributed by atoms with Crippen molar-refractivity contribution in [3.8, 4) is 0 Å². The number of carbonyl (C=O) groups is 1. The topological polar surface area (TPSA) is 53.6 Å². The smallest absolute Gasteiger partial charge is 0.256 e. The number of fused-ring (bicyclic) bond motifs is 1. The minimum absolute atomic E-state index is 0.0970. The van der Waals surface area contributed by atoms with Crippen LogP contribution in [0.1, 0.15) is 23.2 Å². The second-order valence-corrected chi connectivity index (χ2v) is 5.33. The van der Waals surface area contributed by atoms with Crippen LogP contribution in [-0.4, -0.2) is 50.2 Å². The number of nitrogens with one attached hydrogen (secondary N) is 2. The molecular formula is C15H21N3O2. The first kappa shape index (κ1) is 13.2. The lowest BCUT2D eigenvalue weighted by Gasteiger charge is -2.33. The van der Waals surface area contributed by atoms with Crippen molar-refractivity contribution in [2.45, 2.75) is 18.9 Å². The molecule has 1 saturated heterocycles. The molecule has 0 spiro atoms. The fourth-order valence-corrected chi connectivity index (χ4v) is 2.94. The molecule has 108 valence electrons. The van der Waals surface area contributed by atoms with E-state index in [0.29, 0.717) is 6.54 Å². The van der Waals surface area contributed by atoms with E-state index in [1.54, 1.807) is 7.11 Å². The van der Waals surface area contributed by atoms with Crippen LogP contribution in [0.25, 0.3) is 0 Å². The second kappa shape index (κ2) is 5.71. The monoisotopic (exact) mass is 275 g/mol. The number of hydrogen-bond donors (Lipinski definition) is 2. The number of rotatable bonds is 2. The van der Waals surface area contributed by atoms with Gasteiger partial charge in [-0.25, -0.2) is 0 Å². The summed E-state index contributed by atoms with van der Waals surface area (Å²) in [5, 5.41) is 6.66. The summed E-state index contributed by atoms with van der Waals surface area (Å²) in [6.45, 7) is 3.24. The zero-order valence-electron chi connectivity index (χ0n) is 11.8. The molecule has 1 aromatic rings. The molecule has 0 saturated carbocycles. The molecule has 2 aliphatic rings. The number of carbonyl (C=O) groups excluding carboxylic acids is 1. The fraction of sp³-hybridized carbons (Fsp3) is 0.533. The SMILES string of the molecule is COC1CCCN(C(=O)c2cccc3c2NCCN3)C1. The summed E-state index contributed by atoms with van der Waals surface area (Å²) < 4.78 is 5.40. The normalized spacial score (nSPS) is 21.6. The first-order chi connectivity index (χ1) is 9.79. The van der Waals surface area contributed by atoms with Crippen molar-refractivity contribution < 1.29 is 9.53 Å². The molecule has 0 radical (unpaired) electrons. The van der Waals surface area contributed by atoms with Gasteiger partial charge in [0.2, 0.25) is 0 Å². The van der Waals surface area contributed by atoms with Gasteiger partial charge >= 0.3 is 0 Å². The van der Waals surface area contributed by atoms with Crippen LogP contribution in [-0.2, 0) is 4.74 Å². The van der Waals surface area contributed by atoms with Crippen molar-refractivity contribution in [1.82, 2.24) is 4.90 Å². The van der Waals surface area contributed by atoms with E-state index < -0.39 is 0 Å². The molecule has 5 heteroatoms. The van der Waals surface area contributed by atoms with Crippen LogP contribution in [0.4, 0.5) is 11.4 Å². The lowest BCUT2D eigenvalue weighted by molar-refractivity contribution is 0.0269. The van der Waals surface area contributed by atoms with Gasteiger partial charge in [-0.3, -0.25) is 4.79 Å².